The number of carbonyl (C=O) groups is 1. The molecule has 0 radical (unpaired) electrons. The molecule has 0 saturated carbocycles. The lowest BCUT2D eigenvalue weighted by Gasteiger charge is -2.13. The van der Waals surface area contributed by atoms with Gasteiger partial charge in [-0.05, 0) is 19.3 Å². The van der Waals surface area contributed by atoms with Gasteiger partial charge < -0.3 is 0 Å². The largest absolute Gasteiger partial charge is 0.435 e. The van der Waals surface area contributed by atoms with Crippen molar-refractivity contribution >= 4 is 5.78 Å². The quantitative estimate of drug-likeness (QED) is 0.836. The van der Waals surface area contributed by atoms with E-state index in [-0.39, 0.29) is 12.0 Å². The Balaban J connectivity index is 2.48. The second-order valence-corrected chi connectivity index (χ2v) is 4.52. The summed E-state index contributed by atoms with van der Waals surface area (Å²) in [5.74, 6) is -0.425. The van der Waals surface area contributed by atoms with Gasteiger partial charge in [-0.1, -0.05) is 13.3 Å². The predicted octanol–water partition coefficient (Wildman–Crippen LogP) is 3.22. The minimum absolute atomic E-state index is 0.190. The molecule has 1 aliphatic carbocycles. The van der Waals surface area contributed by atoms with Crippen molar-refractivity contribution < 1.29 is 18.0 Å². The molecule has 0 aliphatic heterocycles. The van der Waals surface area contributed by atoms with E-state index in [2.05, 4.69) is 5.10 Å². The number of halogens is 3. The molecule has 0 bridgehead atoms. The second-order valence-electron chi connectivity index (χ2n) is 4.52. The minimum atomic E-state index is -4.55. The summed E-state index contributed by atoms with van der Waals surface area (Å²) in [6.45, 7) is 2.41. The predicted molar refractivity (Wildman–Crippen MR) is 59.4 cm³/mol. The smallest absolute Gasteiger partial charge is 0.294 e. The minimum Gasteiger partial charge on any atom is -0.294 e. The molecule has 0 amide bonds. The second kappa shape index (κ2) is 4.74. The van der Waals surface area contributed by atoms with Crippen LogP contribution in [0.25, 0.3) is 0 Å². The van der Waals surface area contributed by atoms with E-state index in [9.17, 15) is 18.0 Å². The SMILES string of the molecule is CCCCn1nc(C(F)(F)F)c2c1CCCC2=O. The van der Waals surface area contributed by atoms with Gasteiger partial charge in [0.2, 0.25) is 0 Å². The van der Waals surface area contributed by atoms with Gasteiger partial charge in [0.15, 0.2) is 11.5 Å². The third-order valence-corrected chi connectivity index (χ3v) is 3.15. The highest BCUT2D eigenvalue weighted by Crippen LogP contribution is 2.35. The molecule has 0 saturated heterocycles. The molecule has 0 atom stereocenters. The number of rotatable bonds is 3. The van der Waals surface area contributed by atoms with Gasteiger partial charge in [-0.15, -0.1) is 0 Å². The average molecular weight is 260 g/mol. The van der Waals surface area contributed by atoms with Crippen LogP contribution in [0.4, 0.5) is 13.2 Å². The van der Waals surface area contributed by atoms with Gasteiger partial charge in [0.05, 0.1) is 5.56 Å². The van der Waals surface area contributed by atoms with Crippen LogP contribution in [-0.2, 0) is 19.1 Å². The first-order valence-corrected chi connectivity index (χ1v) is 6.15. The van der Waals surface area contributed by atoms with Gasteiger partial charge in [-0.2, -0.15) is 18.3 Å². The number of carbonyl (C=O) groups excluding carboxylic acids is 1. The first-order valence-electron chi connectivity index (χ1n) is 6.15. The third-order valence-electron chi connectivity index (χ3n) is 3.15. The Morgan fingerprint density at radius 1 is 1.33 bits per heavy atom. The Labute approximate surface area is 103 Å². The monoisotopic (exact) mass is 260 g/mol. The van der Waals surface area contributed by atoms with Crippen molar-refractivity contribution in [2.45, 2.75) is 51.7 Å². The zero-order valence-electron chi connectivity index (χ0n) is 10.2. The summed E-state index contributed by atoms with van der Waals surface area (Å²) < 4.78 is 39.9. The summed E-state index contributed by atoms with van der Waals surface area (Å²) in [4.78, 5) is 11.7. The Morgan fingerprint density at radius 2 is 2.06 bits per heavy atom. The Kier molecular flexibility index (Phi) is 3.45. The van der Waals surface area contributed by atoms with E-state index in [4.69, 9.17) is 0 Å². The van der Waals surface area contributed by atoms with Gasteiger partial charge in [0, 0.05) is 18.7 Å². The van der Waals surface area contributed by atoms with Crippen molar-refractivity contribution in [3.63, 3.8) is 0 Å². The fraction of sp³-hybridized carbons (Fsp3) is 0.667. The van der Waals surface area contributed by atoms with Crippen LogP contribution in [0.15, 0.2) is 0 Å². The Hall–Kier alpha value is -1.33. The normalized spacial score (nSPS) is 15.9. The van der Waals surface area contributed by atoms with Crippen LogP contribution < -0.4 is 0 Å². The van der Waals surface area contributed by atoms with Crippen LogP contribution in [0, 0.1) is 0 Å². The molecule has 0 fully saturated rings. The van der Waals surface area contributed by atoms with Crippen molar-refractivity contribution in [1.82, 2.24) is 9.78 Å². The van der Waals surface area contributed by atoms with Gasteiger partial charge in [0.1, 0.15) is 0 Å². The van der Waals surface area contributed by atoms with Crippen molar-refractivity contribution in [2.24, 2.45) is 0 Å². The van der Waals surface area contributed by atoms with Crippen LogP contribution >= 0.6 is 0 Å². The van der Waals surface area contributed by atoms with Gasteiger partial charge in [-0.3, -0.25) is 9.48 Å². The van der Waals surface area contributed by atoms with Crippen LogP contribution in [0.1, 0.15) is 54.4 Å². The van der Waals surface area contributed by atoms with Crippen LogP contribution in [0.2, 0.25) is 0 Å². The molecule has 0 unspecified atom stereocenters. The zero-order valence-corrected chi connectivity index (χ0v) is 10.2. The molecular formula is C12H15F3N2O. The molecule has 0 N–H and O–H groups in total. The highest BCUT2D eigenvalue weighted by Gasteiger charge is 2.41. The lowest BCUT2D eigenvalue weighted by atomic mass is 9.94. The topological polar surface area (TPSA) is 34.9 Å². The molecule has 1 aromatic heterocycles. The van der Waals surface area contributed by atoms with E-state index in [1.54, 1.807) is 0 Å². The van der Waals surface area contributed by atoms with E-state index in [1.807, 2.05) is 6.92 Å². The summed E-state index contributed by atoms with van der Waals surface area (Å²) in [5.41, 5.74) is -0.727. The first-order chi connectivity index (χ1) is 8.45. The highest BCUT2D eigenvalue weighted by atomic mass is 19.4. The van der Waals surface area contributed by atoms with E-state index < -0.39 is 17.7 Å². The van der Waals surface area contributed by atoms with Gasteiger partial charge in [-0.25, -0.2) is 0 Å². The number of alkyl halides is 3. The molecule has 1 heterocycles. The summed E-state index contributed by atoms with van der Waals surface area (Å²) in [6, 6.07) is 0. The molecule has 6 heteroatoms. The summed E-state index contributed by atoms with van der Waals surface area (Å²) in [6.07, 6.45) is -1.59. The lowest BCUT2D eigenvalue weighted by Crippen LogP contribution is -2.16. The summed E-state index contributed by atoms with van der Waals surface area (Å²) in [5, 5.41) is 3.62. The van der Waals surface area contributed by atoms with Crippen molar-refractivity contribution in [2.75, 3.05) is 0 Å². The number of hydrogen-bond donors (Lipinski definition) is 0. The maximum atomic E-state index is 12.9. The molecule has 2 rings (SSSR count). The van der Waals surface area contributed by atoms with E-state index in [0.717, 1.165) is 12.8 Å². The van der Waals surface area contributed by atoms with Crippen LogP contribution in [-0.4, -0.2) is 15.6 Å². The van der Waals surface area contributed by atoms with Crippen LogP contribution in [0.5, 0.6) is 0 Å². The number of aryl methyl sites for hydroxylation is 1. The van der Waals surface area contributed by atoms with Gasteiger partial charge >= 0.3 is 6.18 Å². The molecule has 0 spiro atoms. The van der Waals surface area contributed by atoms with E-state index >= 15 is 0 Å². The Bertz CT molecular complexity index is 463. The average Bonchev–Trinajstić information content (AvgIpc) is 2.66. The number of unbranched alkanes of at least 4 members (excludes halogenated alkanes) is 1. The maximum absolute atomic E-state index is 12.9. The van der Waals surface area contributed by atoms with Crippen molar-refractivity contribution in [1.29, 1.82) is 0 Å². The zero-order chi connectivity index (χ0) is 13.3. The number of Topliss-reactive ketones (excluding diaryl/α,β-unsaturated/α-hetero) is 1. The van der Waals surface area contributed by atoms with E-state index in [1.165, 1.54) is 4.68 Å². The first kappa shape index (κ1) is 13.1. The number of fused-ring (bicyclic) bond motifs is 1. The number of ketones is 1. The fourth-order valence-electron chi connectivity index (χ4n) is 2.28. The number of nitrogens with zero attached hydrogens (tertiary/aromatic N) is 2. The number of aromatic nitrogens is 2. The standard InChI is InChI=1S/C12H15F3N2O/c1-2-3-7-17-8-5-4-6-9(18)10(8)11(16-17)12(13,14)15/h2-7H2,1H3. The molecule has 1 aliphatic rings. The molecule has 18 heavy (non-hydrogen) atoms. The molecule has 1 aromatic rings. The fourth-order valence-corrected chi connectivity index (χ4v) is 2.28. The summed E-state index contributed by atoms with van der Waals surface area (Å²) in [7, 11) is 0. The van der Waals surface area contributed by atoms with Crippen molar-refractivity contribution in [3.05, 3.63) is 17.0 Å². The Morgan fingerprint density at radius 3 is 2.67 bits per heavy atom. The lowest BCUT2D eigenvalue weighted by molar-refractivity contribution is -0.141. The van der Waals surface area contributed by atoms with E-state index in [0.29, 0.717) is 25.1 Å². The van der Waals surface area contributed by atoms with Crippen LogP contribution in [0.3, 0.4) is 0 Å². The molecular weight excluding hydrogens is 245 g/mol. The molecule has 100 valence electrons. The molecule has 0 aromatic carbocycles. The van der Waals surface area contributed by atoms with Crippen molar-refractivity contribution in [3.8, 4) is 0 Å². The maximum Gasteiger partial charge on any atom is 0.435 e. The number of hydrogen-bond acceptors (Lipinski definition) is 2. The highest BCUT2D eigenvalue weighted by molar-refractivity contribution is 5.99. The molecule has 3 nitrogen and oxygen atoms in total. The van der Waals surface area contributed by atoms with Gasteiger partial charge in [0.25, 0.3) is 0 Å². The summed E-state index contributed by atoms with van der Waals surface area (Å²) >= 11 is 0. The third kappa shape index (κ3) is 2.28.